The van der Waals surface area contributed by atoms with Gasteiger partial charge >= 0.3 is 5.97 Å². The van der Waals surface area contributed by atoms with Crippen LogP contribution < -0.4 is 5.32 Å². The first-order valence-corrected chi connectivity index (χ1v) is 7.73. The highest BCUT2D eigenvalue weighted by molar-refractivity contribution is 5.83. The third-order valence-electron chi connectivity index (χ3n) is 4.19. The van der Waals surface area contributed by atoms with E-state index in [2.05, 4.69) is 5.32 Å². The van der Waals surface area contributed by atoms with E-state index in [-0.39, 0.29) is 11.8 Å². The molecule has 1 aliphatic carbocycles. The molecule has 1 aromatic rings. The first-order chi connectivity index (χ1) is 10.2. The molecule has 0 aliphatic heterocycles. The Bertz CT molecular complexity index is 466. The minimum Gasteiger partial charge on any atom is -0.480 e. The summed E-state index contributed by atoms with van der Waals surface area (Å²) in [6.45, 7) is 0. The van der Waals surface area contributed by atoms with E-state index in [1.165, 1.54) is 6.42 Å². The van der Waals surface area contributed by atoms with Gasteiger partial charge in [-0.2, -0.15) is 0 Å². The Balaban J connectivity index is 1.84. The van der Waals surface area contributed by atoms with E-state index in [0.717, 1.165) is 31.2 Å². The number of hydrogen-bond acceptors (Lipinski definition) is 2. The summed E-state index contributed by atoms with van der Waals surface area (Å²) in [5.74, 6) is -0.997. The van der Waals surface area contributed by atoms with Crippen molar-refractivity contribution in [1.29, 1.82) is 0 Å². The minimum absolute atomic E-state index is 0.0805. The van der Waals surface area contributed by atoms with Gasteiger partial charge in [-0.3, -0.25) is 4.79 Å². The molecule has 1 saturated carbocycles. The second-order valence-electron chi connectivity index (χ2n) is 5.77. The predicted octanol–water partition coefficient (Wildman–Crippen LogP) is 2.77. The molecular formula is C17H23NO3. The van der Waals surface area contributed by atoms with E-state index in [0.29, 0.717) is 12.8 Å². The number of carboxylic acid groups (broad SMARTS) is 1. The molecule has 4 heteroatoms. The normalized spacial score (nSPS) is 17.1. The topological polar surface area (TPSA) is 66.4 Å². The molecule has 1 unspecified atom stereocenters. The average molecular weight is 289 g/mol. The van der Waals surface area contributed by atoms with Crippen LogP contribution in [0.4, 0.5) is 0 Å². The lowest BCUT2D eigenvalue weighted by molar-refractivity contribution is -0.143. The van der Waals surface area contributed by atoms with Crippen molar-refractivity contribution in [2.45, 2.75) is 51.0 Å². The van der Waals surface area contributed by atoms with Crippen molar-refractivity contribution in [1.82, 2.24) is 5.32 Å². The van der Waals surface area contributed by atoms with Crippen molar-refractivity contribution in [2.24, 2.45) is 5.92 Å². The van der Waals surface area contributed by atoms with Crippen molar-refractivity contribution in [3.63, 3.8) is 0 Å². The van der Waals surface area contributed by atoms with Crippen LogP contribution in [0.15, 0.2) is 30.3 Å². The lowest BCUT2D eigenvalue weighted by atomic mass is 9.84. The maximum atomic E-state index is 12.0. The monoisotopic (exact) mass is 289 g/mol. The molecule has 0 spiro atoms. The average Bonchev–Trinajstić information content (AvgIpc) is 2.52. The third-order valence-corrected chi connectivity index (χ3v) is 4.19. The first-order valence-electron chi connectivity index (χ1n) is 7.73. The molecule has 1 amide bonds. The van der Waals surface area contributed by atoms with Crippen LogP contribution >= 0.6 is 0 Å². The number of amides is 1. The van der Waals surface area contributed by atoms with Gasteiger partial charge in [-0.15, -0.1) is 0 Å². The predicted molar refractivity (Wildman–Crippen MR) is 80.9 cm³/mol. The van der Waals surface area contributed by atoms with Crippen LogP contribution in [0.3, 0.4) is 0 Å². The van der Waals surface area contributed by atoms with Gasteiger partial charge in [0.15, 0.2) is 0 Å². The minimum atomic E-state index is -0.907. The molecule has 2 N–H and O–H groups in total. The number of hydrogen-bond donors (Lipinski definition) is 2. The zero-order valence-corrected chi connectivity index (χ0v) is 12.3. The molecule has 1 aliphatic rings. The van der Waals surface area contributed by atoms with E-state index in [1.807, 2.05) is 30.3 Å². The Morgan fingerprint density at radius 2 is 1.81 bits per heavy atom. The quantitative estimate of drug-likeness (QED) is 0.846. The fourth-order valence-corrected chi connectivity index (χ4v) is 3.00. The van der Waals surface area contributed by atoms with Gasteiger partial charge in [-0.1, -0.05) is 49.6 Å². The van der Waals surface area contributed by atoms with Gasteiger partial charge < -0.3 is 10.4 Å². The van der Waals surface area contributed by atoms with Gasteiger partial charge in [0.25, 0.3) is 0 Å². The Labute approximate surface area is 125 Å². The van der Waals surface area contributed by atoms with E-state index >= 15 is 0 Å². The van der Waals surface area contributed by atoms with Gasteiger partial charge in [0.1, 0.15) is 6.04 Å². The fraction of sp³-hybridized carbons (Fsp3) is 0.529. The molecule has 21 heavy (non-hydrogen) atoms. The second kappa shape index (κ2) is 7.81. The molecule has 1 fully saturated rings. The standard InChI is InChI=1S/C17H23NO3/c19-15(12-11-13-7-3-1-4-8-13)18-16(17(20)21)14-9-5-2-6-10-14/h1,3-4,7-8,14,16H,2,5-6,9-12H2,(H,18,19)(H,20,21). The lowest BCUT2D eigenvalue weighted by Gasteiger charge is -2.28. The van der Waals surface area contributed by atoms with E-state index in [1.54, 1.807) is 0 Å². The van der Waals surface area contributed by atoms with Crippen LogP contribution in [0.2, 0.25) is 0 Å². The molecule has 1 atom stereocenters. The molecule has 0 heterocycles. The zero-order chi connectivity index (χ0) is 15.1. The van der Waals surface area contributed by atoms with Crippen molar-refractivity contribution in [2.75, 3.05) is 0 Å². The van der Waals surface area contributed by atoms with Gasteiger partial charge in [0.05, 0.1) is 0 Å². The van der Waals surface area contributed by atoms with Crippen molar-refractivity contribution in [3.8, 4) is 0 Å². The summed E-state index contributed by atoms with van der Waals surface area (Å²) in [4.78, 5) is 23.4. The zero-order valence-electron chi connectivity index (χ0n) is 12.3. The molecule has 2 rings (SSSR count). The summed E-state index contributed by atoms with van der Waals surface area (Å²) in [5, 5.41) is 12.1. The van der Waals surface area contributed by atoms with E-state index in [9.17, 15) is 14.7 Å². The maximum absolute atomic E-state index is 12.0. The van der Waals surface area contributed by atoms with Crippen LogP contribution in [-0.4, -0.2) is 23.0 Å². The van der Waals surface area contributed by atoms with Gasteiger partial charge in [0, 0.05) is 6.42 Å². The number of aliphatic carboxylic acids is 1. The Kier molecular flexibility index (Phi) is 5.78. The van der Waals surface area contributed by atoms with E-state index in [4.69, 9.17) is 0 Å². The van der Waals surface area contributed by atoms with Crippen LogP contribution in [-0.2, 0) is 16.0 Å². The summed E-state index contributed by atoms with van der Waals surface area (Å²) >= 11 is 0. The van der Waals surface area contributed by atoms with Crippen molar-refractivity contribution >= 4 is 11.9 Å². The Morgan fingerprint density at radius 1 is 1.14 bits per heavy atom. The van der Waals surface area contributed by atoms with Crippen LogP contribution in [0.1, 0.15) is 44.1 Å². The number of rotatable bonds is 6. The summed E-state index contributed by atoms with van der Waals surface area (Å²) in [5.41, 5.74) is 1.09. The summed E-state index contributed by atoms with van der Waals surface area (Å²) in [6, 6.07) is 9.04. The number of nitrogens with one attached hydrogen (secondary N) is 1. The van der Waals surface area contributed by atoms with Crippen LogP contribution in [0.25, 0.3) is 0 Å². The molecule has 4 nitrogen and oxygen atoms in total. The fourth-order valence-electron chi connectivity index (χ4n) is 3.00. The van der Waals surface area contributed by atoms with Crippen LogP contribution in [0.5, 0.6) is 0 Å². The molecule has 1 aromatic carbocycles. The smallest absolute Gasteiger partial charge is 0.326 e. The molecule has 114 valence electrons. The lowest BCUT2D eigenvalue weighted by Crippen LogP contribution is -2.46. The largest absolute Gasteiger partial charge is 0.480 e. The summed E-state index contributed by atoms with van der Waals surface area (Å²) in [7, 11) is 0. The highest BCUT2D eigenvalue weighted by Crippen LogP contribution is 2.26. The van der Waals surface area contributed by atoms with Gasteiger partial charge in [-0.25, -0.2) is 4.79 Å². The molecule has 0 aromatic heterocycles. The Hall–Kier alpha value is -1.84. The van der Waals surface area contributed by atoms with Crippen molar-refractivity contribution in [3.05, 3.63) is 35.9 Å². The van der Waals surface area contributed by atoms with Gasteiger partial charge in [-0.05, 0) is 30.7 Å². The first kappa shape index (κ1) is 15.5. The highest BCUT2D eigenvalue weighted by atomic mass is 16.4. The number of carboxylic acids is 1. The number of carbonyl (C=O) groups excluding carboxylic acids is 1. The third kappa shape index (κ3) is 4.88. The summed E-state index contributed by atoms with van der Waals surface area (Å²) in [6.07, 6.45) is 6.07. The number of carbonyl (C=O) groups is 2. The second-order valence-corrected chi connectivity index (χ2v) is 5.77. The Morgan fingerprint density at radius 3 is 2.43 bits per heavy atom. The molecule has 0 bridgehead atoms. The number of aryl methyl sites for hydroxylation is 1. The summed E-state index contributed by atoms with van der Waals surface area (Å²) < 4.78 is 0. The van der Waals surface area contributed by atoms with Gasteiger partial charge in [0.2, 0.25) is 5.91 Å². The molecule has 0 saturated heterocycles. The highest BCUT2D eigenvalue weighted by Gasteiger charge is 2.30. The van der Waals surface area contributed by atoms with E-state index < -0.39 is 12.0 Å². The SMILES string of the molecule is O=C(CCc1ccccc1)NC(C(=O)O)C1CCCCC1. The maximum Gasteiger partial charge on any atom is 0.326 e. The molecule has 0 radical (unpaired) electrons. The molecular weight excluding hydrogens is 266 g/mol. The van der Waals surface area contributed by atoms with Crippen molar-refractivity contribution < 1.29 is 14.7 Å². The number of benzene rings is 1. The van der Waals surface area contributed by atoms with Crippen LogP contribution in [0, 0.1) is 5.92 Å².